The summed E-state index contributed by atoms with van der Waals surface area (Å²) in [6, 6.07) is 14.7. The Morgan fingerprint density at radius 1 is 1.13 bits per heavy atom. The molecule has 0 fully saturated rings. The molecule has 2 amide bonds. The SMILES string of the molecule is CCNC(=O)[C@@H](C)N(Cc1ccc(OC)cc1)C(=O)CCCSc1ccc(Cl)cc1. The Morgan fingerprint density at radius 3 is 2.40 bits per heavy atom. The zero-order valence-corrected chi connectivity index (χ0v) is 19.3. The lowest BCUT2D eigenvalue weighted by atomic mass is 10.1. The smallest absolute Gasteiger partial charge is 0.242 e. The fraction of sp³-hybridized carbons (Fsp3) is 0.391. The second kappa shape index (κ2) is 12.5. The van der Waals surface area contributed by atoms with Gasteiger partial charge in [-0.25, -0.2) is 0 Å². The maximum atomic E-state index is 13.0. The lowest BCUT2D eigenvalue weighted by Crippen LogP contribution is -2.47. The summed E-state index contributed by atoms with van der Waals surface area (Å²) in [6.45, 7) is 4.56. The van der Waals surface area contributed by atoms with E-state index < -0.39 is 6.04 Å². The first-order valence-corrected chi connectivity index (χ1v) is 11.4. The van der Waals surface area contributed by atoms with Crippen molar-refractivity contribution in [3.63, 3.8) is 0 Å². The normalized spacial score (nSPS) is 11.6. The topological polar surface area (TPSA) is 58.6 Å². The molecule has 0 saturated heterocycles. The Kier molecular flexibility index (Phi) is 10.0. The number of hydrogen-bond donors (Lipinski definition) is 1. The van der Waals surface area contributed by atoms with E-state index in [1.165, 1.54) is 0 Å². The number of ether oxygens (including phenoxy) is 1. The number of hydrogen-bond acceptors (Lipinski definition) is 4. The number of nitrogens with zero attached hydrogens (tertiary/aromatic N) is 1. The van der Waals surface area contributed by atoms with E-state index >= 15 is 0 Å². The molecule has 2 aromatic rings. The summed E-state index contributed by atoms with van der Waals surface area (Å²) >= 11 is 7.60. The van der Waals surface area contributed by atoms with Crippen LogP contribution in [0.1, 0.15) is 32.3 Å². The number of amides is 2. The van der Waals surface area contributed by atoms with Crippen molar-refractivity contribution >= 4 is 35.2 Å². The summed E-state index contributed by atoms with van der Waals surface area (Å²) in [7, 11) is 1.62. The average molecular weight is 449 g/mol. The molecule has 0 bridgehead atoms. The van der Waals surface area contributed by atoms with E-state index in [9.17, 15) is 9.59 Å². The van der Waals surface area contributed by atoms with Gasteiger partial charge in [-0.2, -0.15) is 0 Å². The van der Waals surface area contributed by atoms with Crippen molar-refractivity contribution < 1.29 is 14.3 Å². The van der Waals surface area contributed by atoms with Gasteiger partial charge < -0.3 is 15.0 Å². The van der Waals surface area contributed by atoms with Gasteiger partial charge in [-0.1, -0.05) is 23.7 Å². The molecule has 30 heavy (non-hydrogen) atoms. The Hall–Kier alpha value is -2.18. The zero-order chi connectivity index (χ0) is 21.9. The largest absolute Gasteiger partial charge is 0.497 e. The Labute approximate surface area is 188 Å². The van der Waals surface area contributed by atoms with E-state index in [1.54, 1.807) is 30.7 Å². The van der Waals surface area contributed by atoms with E-state index in [4.69, 9.17) is 16.3 Å². The molecule has 1 atom stereocenters. The highest BCUT2D eigenvalue weighted by Gasteiger charge is 2.25. The van der Waals surface area contributed by atoms with Gasteiger partial charge in [-0.05, 0) is 68.0 Å². The van der Waals surface area contributed by atoms with Crippen LogP contribution >= 0.6 is 23.4 Å². The highest BCUT2D eigenvalue weighted by Crippen LogP contribution is 2.22. The molecule has 0 unspecified atom stereocenters. The van der Waals surface area contributed by atoms with Gasteiger partial charge in [-0.15, -0.1) is 11.8 Å². The molecule has 7 heteroatoms. The Morgan fingerprint density at radius 2 is 1.80 bits per heavy atom. The molecule has 2 rings (SSSR count). The van der Waals surface area contributed by atoms with Crippen molar-refractivity contribution in [3.05, 3.63) is 59.1 Å². The first kappa shape index (κ1) is 24.1. The van der Waals surface area contributed by atoms with Crippen LogP contribution in [0.5, 0.6) is 5.75 Å². The van der Waals surface area contributed by atoms with Crippen molar-refractivity contribution in [2.45, 2.75) is 44.2 Å². The number of benzene rings is 2. The van der Waals surface area contributed by atoms with Crippen LogP contribution in [0.25, 0.3) is 0 Å². The van der Waals surface area contributed by atoms with Gasteiger partial charge in [0.2, 0.25) is 11.8 Å². The number of nitrogens with one attached hydrogen (secondary N) is 1. The molecule has 5 nitrogen and oxygen atoms in total. The van der Waals surface area contributed by atoms with Crippen molar-refractivity contribution in [2.24, 2.45) is 0 Å². The first-order valence-electron chi connectivity index (χ1n) is 10.0. The molecule has 162 valence electrons. The molecule has 0 aliphatic heterocycles. The van der Waals surface area contributed by atoms with Crippen LogP contribution in [0.4, 0.5) is 0 Å². The predicted molar refractivity (Wildman–Crippen MR) is 123 cm³/mol. The van der Waals surface area contributed by atoms with Crippen molar-refractivity contribution in [1.82, 2.24) is 10.2 Å². The van der Waals surface area contributed by atoms with Crippen LogP contribution in [0.2, 0.25) is 5.02 Å². The molecule has 2 aromatic carbocycles. The van der Waals surface area contributed by atoms with Crippen LogP contribution in [-0.2, 0) is 16.1 Å². The Bertz CT molecular complexity index is 812. The number of rotatable bonds is 11. The van der Waals surface area contributed by atoms with Crippen LogP contribution in [0, 0.1) is 0 Å². The molecule has 0 saturated carbocycles. The molecule has 1 N–H and O–H groups in total. The third kappa shape index (κ3) is 7.58. The number of likely N-dealkylation sites (N-methyl/N-ethyl adjacent to an activating group) is 1. The van der Waals surface area contributed by atoms with Crippen LogP contribution in [-0.4, -0.2) is 42.2 Å². The summed E-state index contributed by atoms with van der Waals surface area (Å²) in [5.74, 6) is 1.41. The first-order chi connectivity index (χ1) is 14.4. The highest BCUT2D eigenvalue weighted by molar-refractivity contribution is 7.99. The van der Waals surface area contributed by atoms with Crippen LogP contribution < -0.4 is 10.1 Å². The molecule has 0 spiro atoms. The lowest BCUT2D eigenvalue weighted by molar-refractivity contribution is -0.140. The minimum Gasteiger partial charge on any atom is -0.497 e. The van der Waals surface area contributed by atoms with Gasteiger partial charge in [0.1, 0.15) is 11.8 Å². The fourth-order valence-electron chi connectivity index (χ4n) is 2.92. The molecule has 0 aliphatic carbocycles. The van der Waals surface area contributed by atoms with Crippen molar-refractivity contribution in [2.75, 3.05) is 19.4 Å². The summed E-state index contributed by atoms with van der Waals surface area (Å²) in [5, 5.41) is 3.52. The second-order valence-corrected chi connectivity index (χ2v) is 8.45. The molecular weight excluding hydrogens is 420 g/mol. The number of carbonyl (C=O) groups excluding carboxylic acids is 2. The van der Waals surface area contributed by atoms with Gasteiger partial charge in [0.05, 0.1) is 7.11 Å². The van der Waals surface area contributed by atoms with Gasteiger partial charge in [0, 0.05) is 29.4 Å². The van der Waals surface area contributed by atoms with Gasteiger partial charge in [0.25, 0.3) is 0 Å². The van der Waals surface area contributed by atoms with E-state index in [-0.39, 0.29) is 11.8 Å². The van der Waals surface area contributed by atoms with E-state index in [0.29, 0.717) is 24.5 Å². The lowest BCUT2D eigenvalue weighted by Gasteiger charge is -2.29. The Balaban J connectivity index is 1.97. The van der Waals surface area contributed by atoms with E-state index in [0.717, 1.165) is 28.4 Å². The van der Waals surface area contributed by atoms with E-state index in [2.05, 4.69) is 5.32 Å². The maximum Gasteiger partial charge on any atom is 0.242 e. The number of carbonyl (C=O) groups is 2. The quantitative estimate of drug-likeness (QED) is 0.397. The maximum absolute atomic E-state index is 13.0. The van der Waals surface area contributed by atoms with Gasteiger partial charge in [-0.3, -0.25) is 9.59 Å². The standard InChI is InChI=1S/C23H29ClN2O3S/c1-4-25-23(28)17(2)26(16-18-7-11-20(29-3)12-8-18)22(27)6-5-15-30-21-13-9-19(24)10-14-21/h7-14,17H,4-6,15-16H2,1-3H3,(H,25,28)/t17-/m1/s1. The van der Waals surface area contributed by atoms with Crippen LogP contribution in [0.15, 0.2) is 53.4 Å². The summed E-state index contributed by atoms with van der Waals surface area (Å²) in [6.07, 6.45) is 1.12. The van der Waals surface area contributed by atoms with Crippen molar-refractivity contribution in [3.8, 4) is 5.75 Å². The molecule has 0 heterocycles. The van der Waals surface area contributed by atoms with Crippen molar-refractivity contribution in [1.29, 1.82) is 0 Å². The molecule has 0 aliphatic rings. The highest BCUT2D eigenvalue weighted by atomic mass is 35.5. The second-order valence-electron chi connectivity index (χ2n) is 6.85. The molecular formula is C23H29ClN2O3S. The third-order valence-electron chi connectivity index (χ3n) is 4.65. The third-order valence-corrected chi connectivity index (χ3v) is 6.00. The summed E-state index contributed by atoms with van der Waals surface area (Å²) < 4.78 is 5.19. The molecule has 0 radical (unpaired) electrons. The summed E-state index contributed by atoms with van der Waals surface area (Å²) in [5.41, 5.74) is 0.954. The van der Waals surface area contributed by atoms with Crippen LogP contribution in [0.3, 0.4) is 0 Å². The van der Waals surface area contributed by atoms with Gasteiger partial charge in [0.15, 0.2) is 0 Å². The number of methoxy groups -OCH3 is 1. The summed E-state index contributed by atoms with van der Waals surface area (Å²) in [4.78, 5) is 28.1. The van der Waals surface area contributed by atoms with Gasteiger partial charge >= 0.3 is 0 Å². The monoisotopic (exact) mass is 448 g/mol. The molecule has 0 aromatic heterocycles. The number of halogens is 1. The van der Waals surface area contributed by atoms with E-state index in [1.807, 2.05) is 55.5 Å². The fourth-order valence-corrected chi connectivity index (χ4v) is 3.90. The minimum absolute atomic E-state index is 0.0266. The number of thioether (sulfide) groups is 1. The average Bonchev–Trinajstić information content (AvgIpc) is 2.76. The predicted octanol–water partition coefficient (Wildman–Crippen LogP) is 4.77. The zero-order valence-electron chi connectivity index (χ0n) is 17.7. The minimum atomic E-state index is -0.538.